The zero-order chi connectivity index (χ0) is 19.1. The Bertz CT molecular complexity index is 702. The number of rotatable bonds is 6. The fourth-order valence-corrected chi connectivity index (χ4v) is 2.80. The van der Waals surface area contributed by atoms with Gasteiger partial charge < -0.3 is 19.8 Å². The van der Waals surface area contributed by atoms with Gasteiger partial charge in [-0.3, -0.25) is 0 Å². The topological polar surface area (TPSA) is 129 Å². The summed E-state index contributed by atoms with van der Waals surface area (Å²) in [6.07, 6.45) is 5.52. The van der Waals surface area contributed by atoms with Gasteiger partial charge >= 0.3 is 7.82 Å². The third kappa shape index (κ3) is 8.29. The Morgan fingerprint density at radius 2 is 1.92 bits per heavy atom. The van der Waals surface area contributed by atoms with Gasteiger partial charge in [-0.2, -0.15) is 5.10 Å². The summed E-state index contributed by atoms with van der Waals surface area (Å²) in [5, 5.41) is 16.1. The van der Waals surface area contributed by atoms with Crippen LogP contribution in [0.5, 0.6) is 0 Å². The molecule has 0 aliphatic rings. The van der Waals surface area contributed by atoms with E-state index in [4.69, 9.17) is 42.4 Å². The van der Waals surface area contributed by atoms with E-state index in [-0.39, 0.29) is 0 Å². The smallest absolute Gasteiger partial charge is 0.383 e. The van der Waals surface area contributed by atoms with Crippen LogP contribution < -0.4 is 0 Å². The van der Waals surface area contributed by atoms with E-state index in [2.05, 4.69) is 17.0 Å². The van der Waals surface area contributed by atoms with Crippen molar-refractivity contribution in [3.8, 4) is 0 Å². The summed E-state index contributed by atoms with van der Waals surface area (Å²) in [7, 11) is -4.64. The van der Waals surface area contributed by atoms with Crippen LogP contribution in [0.1, 0.15) is 31.7 Å². The maximum absolute atomic E-state index is 11.0. The van der Waals surface area contributed by atoms with Crippen LogP contribution in [0.4, 0.5) is 0 Å². The van der Waals surface area contributed by atoms with Gasteiger partial charge in [0.2, 0.25) is 0 Å². The molecule has 0 amide bonds. The lowest BCUT2D eigenvalue weighted by molar-refractivity contribution is 0.00429. The predicted molar refractivity (Wildman–Crippen MR) is 94.2 cm³/mol. The molecule has 25 heavy (non-hydrogen) atoms. The highest BCUT2D eigenvalue weighted by atomic mass is 35.5. The van der Waals surface area contributed by atoms with Gasteiger partial charge in [0, 0.05) is 15.6 Å². The van der Waals surface area contributed by atoms with Gasteiger partial charge in [0.15, 0.2) is 0 Å². The van der Waals surface area contributed by atoms with Gasteiger partial charge in [0.25, 0.3) is 0 Å². The van der Waals surface area contributed by atoms with Crippen LogP contribution in [0.3, 0.4) is 0 Å². The van der Waals surface area contributed by atoms with Crippen molar-refractivity contribution in [3.63, 3.8) is 0 Å². The Labute approximate surface area is 155 Å². The monoisotopic (exact) mass is 411 g/mol. The second-order valence-corrected chi connectivity index (χ2v) is 7.24. The molecule has 0 fully saturated rings. The van der Waals surface area contributed by atoms with E-state index in [1.54, 1.807) is 29.2 Å². The first-order valence-electron chi connectivity index (χ1n) is 7.34. The maximum atomic E-state index is 11.0. The van der Waals surface area contributed by atoms with E-state index in [0.29, 0.717) is 28.6 Å². The zero-order valence-corrected chi connectivity index (χ0v) is 15.9. The molecule has 0 aliphatic heterocycles. The van der Waals surface area contributed by atoms with Crippen molar-refractivity contribution in [3.05, 3.63) is 46.5 Å². The maximum Gasteiger partial charge on any atom is 0.466 e. The fraction of sp³-hybridized carbons (Fsp3) is 0.429. The average molecular weight is 412 g/mol. The summed E-state index contributed by atoms with van der Waals surface area (Å²) in [4.78, 5) is 25.5. The number of hydrogen-bond donors (Lipinski definition) is 4. The molecule has 1 atom stereocenters. The molecule has 2 aromatic rings. The van der Waals surface area contributed by atoms with Crippen molar-refractivity contribution < 1.29 is 24.4 Å². The molecule has 1 aromatic carbocycles. The summed E-state index contributed by atoms with van der Waals surface area (Å²) in [5.74, 6) is 0. The Balaban J connectivity index is 0.000000550. The van der Waals surface area contributed by atoms with Gasteiger partial charge in [-0.15, -0.1) is 0 Å². The Hall–Kier alpha value is -0.990. The molecular weight excluding hydrogens is 392 g/mol. The van der Waals surface area contributed by atoms with Gasteiger partial charge in [-0.25, -0.2) is 14.2 Å². The van der Waals surface area contributed by atoms with E-state index in [1.165, 1.54) is 6.33 Å². The summed E-state index contributed by atoms with van der Waals surface area (Å²) in [5.41, 5.74) is -0.404. The normalized spacial score (nSPS) is 13.7. The van der Waals surface area contributed by atoms with Crippen molar-refractivity contribution in [1.82, 2.24) is 14.8 Å². The molecule has 2 rings (SSSR count). The van der Waals surface area contributed by atoms with Crippen molar-refractivity contribution in [1.29, 1.82) is 0 Å². The first-order valence-corrected chi connectivity index (χ1v) is 9.66. The lowest BCUT2D eigenvalue weighted by atomic mass is 9.88. The van der Waals surface area contributed by atoms with Crippen LogP contribution in [0.15, 0.2) is 30.9 Å². The quantitative estimate of drug-likeness (QED) is 0.537. The molecule has 0 saturated carbocycles. The van der Waals surface area contributed by atoms with E-state index in [0.717, 1.165) is 12.8 Å². The van der Waals surface area contributed by atoms with Crippen molar-refractivity contribution in [2.75, 3.05) is 0 Å². The second kappa shape index (κ2) is 9.64. The fourth-order valence-electron chi connectivity index (χ4n) is 2.22. The van der Waals surface area contributed by atoms with Crippen molar-refractivity contribution in [2.24, 2.45) is 0 Å². The summed E-state index contributed by atoms with van der Waals surface area (Å²) < 4.78 is 10.5. The lowest BCUT2D eigenvalue weighted by Crippen LogP contribution is -2.32. The molecule has 1 aromatic heterocycles. The summed E-state index contributed by atoms with van der Waals surface area (Å²) in [6.45, 7) is 2.40. The molecule has 1 unspecified atom stereocenters. The highest BCUT2D eigenvalue weighted by molar-refractivity contribution is 7.45. The largest absolute Gasteiger partial charge is 0.466 e. The van der Waals surface area contributed by atoms with Crippen molar-refractivity contribution in [2.45, 2.75) is 38.3 Å². The summed E-state index contributed by atoms with van der Waals surface area (Å²) in [6, 6.07) is 5.16. The van der Waals surface area contributed by atoms with Crippen LogP contribution in [0.25, 0.3) is 0 Å². The minimum absolute atomic E-state index is 0.314. The van der Waals surface area contributed by atoms with Gasteiger partial charge in [0.05, 0.1) is 6.54 Å². The van der Waals surface area contributed by atoms with E-state index >= 15 is 0 Å². The van der Waals surface area contributed by atoms with Crippen LogP contribution in [-0.4, -0.2) is 34.6 Å². The zero-order valence-electron chi connectivity index (χ0n) is 13.5. The molecule has 0 aliphatic carbocycles. The minimum Gasteiger partial charge on any atom is -0.383 e. The number of nitrogens with zero attached hydrogens (tertiary/aromatic N) is 3. The highest BCUT2D eigenvalue weighted by Crippen LogP contribution is 2.35. The molecule has 1 heterocycles. The number of halogens is 2. The third-order valence-electron chi connectivity index (χ3n) is 3.27. The third-order valence-corrected chi connectivity index (χ3v) is 3.81. The second-order valence-electron chi connectivity index (χ2n) is 5.37. The molecule has 0 bridgehead atoms. The molecule has 140 valence electrons. The number of aliphatic hydroxyl groups is 1. The van der Waals surface area contributed by atoms with Crippen LogP contribution in [0, 0.1) is 0 Å². The molecule has 4 N–H and O–H groups in total. The van der Waals surface area contributed by atoms with Gasteiger partial charge in [0.1, 0.15) is 18.3 Å². The van der Waals surface area contributed by atoms with Gasteiger partial charge in [-0.05, 0) is 18.6 Å². The van der Waals surface area contributed by atoms with Crippen molar-refractivity contribution >= 4 is 31.0 Å². The molecular formula is C14H20Cl2N3O5P. The van der Waals surface area contributed by atoms with Crippen LogP contribution >= 0.6 is 31.0 Å². The first-order chi connectivity index (χ1) is 11.5. The first kappa shape index (κ1) is 22.1. The number of benzene rings is 1. The molecule has 11 heteroatoms. The number of phosphoric acid groups is 1. The molecule has 8 nitrogen and oxygen atoms in total. The minimum atomic E-state index is -4.64. The number of unbranched alkanes of at least 4 members (excludes halogenated alkanes) is 1. The summed E-state index contributed by atoms with van der Waals surface area (Å²) >= 11 is 12.2. The van der Waals surface area contributed by atoms with Crippen LogP contribution in [-0.2, 0) is 16.7 Å². The molecule has 0 spiro atoms. The molecule has 0 saturated heterocycles. The average Bonchev–Trinajstić information content (AvgIpc) is 2.96. The van der Waals surface area contributed by atoms with E-state index < -0.39 is 13.4 Å². The van der Waals surface area contributed by atoms with E-state index in [1.807, 2.05) is 0 Å². The van der Waals surface area contributed by atoms with E-state index in [9.17, 15) is 5.11 Å². The SMILES string of the molecule is CCCCC(O)(Cn1cncn1)c1ccc(Cl)cc1Cl.O=P(O)(O)O. The Morgan fingerprint density at radius 1 is 1.28 bits per heavy atom. The lowest BCUT2D eigenvalue weighted by Gasteiger charge is -2.29. The standard InChI is InChI=1S/C14H17Cl2N3O.H3O4P/c1-2-3-6-14(20,8-19-10-17-9-18-19)12-5-4-11(15)7-13(12)16;1-5(2,3)4/h4-5,7,9-10,20H,2-3,6,8H2,1H3;(H3,1,2,3,4). The van der Waals surface area contributed by atoms with Gasteiger partial charge in [-0.1, -0.05) is 49.0 Å². The van der Waals surface area contributed by atoms with Crippen LogP contribution in [0.2, 0.25) is 10.0 Å². The number of aromatic nitrogens is 3. The molecule has 0 radical (unpaired) electrons. The Morgan fingerprint density at radius 3 is 2.40 bits per heavy atom. The highest BCUT2D eigenvalue weighted by Gasteiger charge is 2.31. The number of hydrogen-bond acceptors (Lipinski definition) is 4. The Kier molecular flexibility index (Phi) is 8.50. The predicted octanol–water partition coefficient (Wildman–Crippen LogP) is 2.73.